The highest BCUT2D eigenvalue weighted by atomic mass is 79.9. The highest BCUT2D eigenvalue weighted by Crippen LogP contribution is 2.44. The largest absolute Gasteiger partial charge is 0.477 e. The van der Waals surface area contributed by atoms with Gasteiger partial charge in [0.05, 0.1) is 0 Å². The van der Waals surface area contributed by atoms with Crippen molar-refractivity contribution in [2.45, 2.75) is 41.4 Å². The molecule has 122 valence electrons. The van der Waals surface area contributed by atoms with Crippen molar-refractivity contribution in [1.29, 1.82) is 0 Å². The second kappa shape index (κ2) is 7.23. The van der Waals surface area contributed by atoms with Gasteiger partial charge in [-0.15, -0.1) is 40.3 Å². The minimum Gasteiger partial charge on any atom is -0.477 e. The van der Waals surface area contributed by atoms with E-state index in [0.29, 0.717) is 11.3 Å². The Balaban J connectivity index is 0.00000176. The second-order valence-corrected chi connectivity index (χ2v) is 8.22. The van der Waals surface area contributed by atoms with Gasteiger partial charge in [-0.2, -0.15) is 0 Å². The Labute approximate surface area is 156 Å². The Kier molecular flexibility index (Phi) is 6.01. The molecule has 1 amide bonds. The lowest BCUT2D eigenvalue weighted by atomic mass is 10.0. The summed E-state index contributed by atoms with van der Waals surface area (Å²) in [4.78, 5) is 29.7. The smallest absolute Gasteiger partial charge is 0.352 e. The fourth-order valence-corrected chi connectivity index (χ4v) is 5.12. The molecule has 2 aliphatic heterocycles. The van der Waals surface area contributed by atoms with E-state index in [-0.39, 0.29) is 34.0 Å². The van der Waals surface area contributed by atoms with E-state index >= 15 is 0 Å². The molecule has 3 aliphatic rings. The molecule has 3 atom stereocenters. The summed E-state index contributed by atoms with van der Waals surface area (Å²) in [5.41, 5.74) is 1.64. The number of carbonyl (C=O) groups excluding carboxylic acids is 1. The number of aliphatic carboxylic acids is 1. The van der Waals surface area contributed by atoms with Crippen molar-refractivity contribution in [3.8, 4) is 0 Å². The van der Waals surface area contributed by atoms with Gasteiger partial charge in [0.2, 0.25) is 0 Å². The number of aliphatic imine (C=N–C) groups is 1. The van der Waals surface area contributed by atoms with E-state index < -0.39 is 16.3 Å². The molecule has 2 fully saturated rings. The van der Waals surface area contributed by atoms with Crippen LogP contribution in [0.15, 0.2) is 16.3 Å². The topological polar surface area (TPSA) is 70.0 Å². The number of carboxylic acid groups (broad SMARTS) is 1. The minimum atomic E-state index is -1.11. The van der Waals surface area contributed by atoms with Crippen LogP contribution in [0.4, 0.5) is 0 Å². The molecular formula is C13H15Br2ClN2O3S. The molecule has 9 heteroatoms. The number of thioether (sulfide) groups is 1. The zero-order valence-corrected chi connectivity index (χ0v) is 16.4. The standard InChI is InChI=1S/C13H14BrClN2O3S.BrH/c14-10(15)7-5-21-12-8(16-6-3-1-2-4-6)11(18)17(12)9(7)13(19)20;/h8,10,12H,1-5H2,(H,19,20);1H/t8-,10?,12+;/m1./s1. The molecule has 0 bridgehead atoms. The van der Waals surface area contributed by atoms with Crippen LogP contribution in [-0.2, 0) is 9.59 Å². The fraction of sp³-hybridized carbons (Fsp3) is 0.615. The van der Waals surface area contributed by atoms with Gasteiger partial charge in [0, 0.05) is 11.5 Å². The summed E-state index contributed by atoms with van der Waals surface area (Å²) in [5.74, 6) is -0.844. The summed E-state index contributed by atoms with van der Waals surface area (Å²) in [5, 5.41) is 9.19. The molecule has 2 heterocycles. The molecule has 1 aliphatic carbocycles. The van der Waals surface area contributed by atoms with E-state index in [1.165, 1.54) is 16.7 Å². The molecule has 0 spiro atoms. The molecule has 3 rings (SSSR count). The summed E-state index contributed by atoms with van der Waals surface area (Å²) in [6, 6.07) is -0.428. The molecule has 1 N–H and O–H groups in total. The first-order valence-corrected chi connectivity index (χ1v) is 9.15. The predicted octanol–water partition coefficient (Wildman–Crippen LogP) is 3.16. The van der Waals surface area contributed by atoms with Crippen molar-refractivity contribution in [3.63, 3.8) is 0 Å². The summed E-state index contributed by atoms with van der Waals surface area (Å²) < 4.78 is -0.579. The van der Waals surface area contributed by atoms with Crippen LogP contribution in [-0.4, -0.2) is 49.0 Å². The number of β-lactam (4-membered cyclic amide) rings is 1. The molecule has 1 saturated heterocycles. The number of hydrogen-bond acceptors (Lipinski definition) is 4. The number of carbonyl (C=O) groups is 2. The van der Waals surface area contributed by atoms with Gasteiger partial charge < -0.3 is 5.11 Å². The van der Waals surface area contributed by atoms with Crippen LogP contribution >= 0.6 is 56.3 Å². The first-order chi connectivity index (χ1) is 10.0. The van der Waals surface area contributed by atoms with Gasteiger partial charge in [0.25, 0.3) is 5.91 Å². The number of amides is 1. The lowest BCUT2D eigenvalue weighted by Gasteiger charge is -2.48. The van der Waals surface area contributed by atoms with Gasteiger partial charge in [-0.05, 0) is 31.3 Å². The average Bonchev–Trinajstić information content (AvgIpc) is 2.95. The Hall–Kier alpha value is -0.0500. The molecule has 0 radical (unpaired) electrons. The third kappa shape index (κ3) is 3.12. The van der Waals surface area contributed by atoms with Crippen LogP contribution in [0, 0.1) is 0 Å². The minimum absolute atomic E-state index is 0. The van der Waals surface area contributed by atoms with E-state index in [1.807, 2.05) is 0 Å². The lowest BCUT2D eigenvalue weighted by molar-refractivity contribution is -0.147. The summed E-state index contributed by atoms with van der Waals surface area (Å²) in [6.45, 7) is 0. The average molecular weight is 475 g/mol. The van der Waals surface area contributed by atoms with Gasteiger partial charge >= 0.3 is 5.97 Å². The number of nitrogens with zero attached hydrogens (tertiary/aromatic N) is 2. The molecule has 0 aromatic heterocycles. The maximum Gasteiger partial charge on any atom is 0.352 e. The van der Waals surface area contributed by atoms with Gasteiger partial charge in [-0.25, -0.2) is 4.79 Å². The zero-order valence-electron chi connectivity index (χ0n) is 11.5. The van der Waals surface area contributed by atoms with E-state index in [9.17, 15) is 14.7 Å². The molecule has 1 unspecified atom stereocenters. The zero-order chi connectivity index (χ0) is 15.1. The number of rotatable bonds is 3. The van der Waals surface area contributed by atoms with E-state index in [4.69, 9.17) is 11.6 Å². The van der Waals surface area contributed by atoms with Crippen LogP contribution < -0.4 is 0 Å². The maximum absolute atomic E-state index is 12.3. The third-order valence-corrected chi connectivity index (χ3v) is 6.04. The van der Waals surface area contributed by atoms with Crippen molar-refractivity contribution in [1.82, 2.24) is 4.90 Å². The van der Waals surface area contributed by atoms with Crippen molar-refractivity contribution >= 4 is 73.9 Å². The van der Waals surface area contributed by atoms with Gasteiger partial charge in [-0.3, -0.25) is 14.7 Å². The first-order valence-electron chi connectivity index (χ1n) is 6.75. The Morgan fingerprint density at radius 2 is 2.09 bits per heavy atom. The van der Waals surface area contributed by atoms with Crippen LogP contribution in [0.1, 0.15) is 25.7 Å². The molecule has 0 aromatic rings. The summed E-state index contributed by atoms with van der Waals surface area (Å²) in [7, 11) is 0. The monoisotopic (exact) mass is 472 g/mol. The first kappa shape index (κ1) is 18.3. The number of alkyl halides is 2. The van der Waals surface area contributed by atoms with Crippen molar-refractivity contribution in [2.75, 3.05) is 5.75 Å². The molecule has 0 aromatic carbocycles. The number of hydrogen-bond donors (Lipinski definition) is 1. The Morgan fingerprint density at radius 1 is 1.45 bits per heavy atom. The van der Waals surface area contributed by atoms with Crippen molar-refractivity contribution in [2.24, 2.45) is 4.99 Å². The Bertz CT molecular complexity index is 559. The number of carboxylic acids is 1. The predicted molar refractivity (Wildman–Crippen MR) is 96.3 cm³/mol. The van der Waals surface area contributed by atoms with Crippen molar-refractivity contribution < 1.29 is 14.7 Å². The molecule has 1 saturated carbocycles. The highest BCUT2D eigenvalue weighted by molar-refractivity contribution is 9.10. The quantitative estimate of drug-likeness (QED) is 0.504. The van der Waals surface area contributed by atoms with E-state index in [2.05, 4.69) is 20.9 Å². The highest BCUT2D eigenvalue weighted by Gasteiger charge is 2.54. The Morgan fingerprint density at radius 3 is 2.64 bits per heavy atom. The van der Waals surface area contributed by atoms with Crippen molar-refractivity contribution in [3.05, 3.63) is 11.3 Å². The van der Waals surface area contributed by atoms with E-state index in [0.717, 1.165) is 31.4 Å². The summed E-state index contributed by atoms with van der Waals surface area (Å²) in [6.07, 6.45) is 4.17. The van der Waals surface area contributed by atoms with Gasteiger partial charge in [0.15, 0.2) is 6.04 Å². The SMILES string of the molecule is Br.O=C(O)C1=C(C(Cl)Br)CS[C@H]2[C@H](N=C3CCCC3)C(=O)N12. The normalized spacial score (nSPS) is 28.7. The van der Waals surface area contributed by atoms with Crippen LogP contribution in [0.25, 0.3) is 0 Å². The fourth-order valence-electron chi connectivity index (χ4n) is 2.88. The number of fused-ring (bicyclic) bond motifs is 1. The lowest BCUT2D eigenvalue weighted by Crippen LogP contribution is -2.64. The van der Waals surface area contributed by atoms with Crippen LogP contribution in [0.2, 0.25) is 0 Å². The van der Waals surface area contributed by atoms with Gasteiger partial charge in [0.1, 0.15) is 15.4 Å². The maximum atomic E-state index is 12.3. The van der Waals surface area contributed by atoms with E-state index in [1.54, 1.807) is 0 Å². The van der Waals surface area contributed by atoms with Crippen LogP contribution in [0.3, 0.4) is 0 Å². The molecule has 5 nitrogen and oxygen atoms in total. The second-order valence-electron chi connectivity index (χ2n) is 5.24. The number of halogens is 3. The van der Waals surface area contributed by atoms with Crippen LogP contribution in [0.5, 0.6) is 0 Å². The third-order valence-electron chi connectivity index (χ3n) is 3.94. The molecular weight excluding hydrogens is 459 g/mol. The summed E-state index contributed by atoms with van der Waals surface area (Å²) >= 11 is 10.7. The molecule has 22 heavy (non-hydrogen) atoms. The van der Waals surface area contributed by atoms with Gasteiger partial charge in [-0.1, -0.05) is 15.9 Å².